The van der Waals surface area contributed by atoms with Crippen LogP contribution in [0.4, 0.5) is 5.82 Å². The summed E-state index contributed by atoms with van der Waals surface area (Å²) >= 11 is 9.96. The highest BCUT2D eigenvalue weighted by molar-refractivity contribution is 9.10. The number of anilines is 1. The summed E-state index contributed by atoms with van der Waals surface area (Å²) in [6, 6.07) is 9.99. The molecular weight excluding hydrogens is 454 g/mol. The van der Waals surface area contributed by atoms with Crippen LogP contribution < -0.4 is 5.32 Å². The van der Waals surface area contributed by atoms with Gasteiger partial charge in [-0.2, -0.15) is 9.61 Å². The molecule has 3 aromatic rings. The van der Waals surface area contributed by atoms with Gasteiger partial charge in [-0.05, 0) is 47.7 Å². The first-order valence-corrected chi connectivity index (χ1v) is 11.1. The van der Waals surface area contributed by atoms with Crippen LogP contribution >= 0.6 is 27.5 Å². The third-order valence-electron chi connectivity index (χ3n) is 5.66. The Balaban J connectivity index is 1.41. The molecule has 0 unspecified atom stereocenters. The first kappa shape index (κ1) is 18.9. The lowest BCUT2D eigenvalue weighted by molar-refractivity contribution is -0.133. The van der Waals surface area contributed by atoms with E-state index >= 15 is 0 Å². The Morgan fingerprint density at radius 3 is 2.66 bits per heavy atom. The largest absolute Gasteiger partial charge is 0.367 e. The highest BCUT2D eigenvalue weighted by Gasteiger charge is 2.35. The van der Waals surface area contributed by atoms with Gasteiger partial charge in [-0.25, -0.2) is 4.98 Å². The van der Waals surface area contributed by atoms with Crippen LogP contribution in [-0.2, 0) is 4.79 Å². The molecule has 0 bridgehead atoms. The van der Waals surface area contributed by atoms with Crippen molar-refractivity contribution in [1.29, 1.82) is 0 Å². The first-order valence-electron chi connectivity index (χ1n) is 9.94. The van der Waals surface area contributed by atoms with Crippen LogP contribution in [0.2, 0.25) is 5.02 Å². The van der Waals surface area contributed by atoms with Gasteiger partial charge < -0.3 is 10.2 Å². The number of carbonyl (C=O) groups excluding carboxylic acids is 1. The summed E-state index contributed by atoms with van der Waals surface area (Å²) in [6.07, 6.45) is 5.72. The molecule has 150 valence electrons. The van der Waals surface area contributed by atoms with Gasteiger partial charge in [0.2, 0.25) is 5.91 Å². The van der Waals surface area contributed by atoms with E-state index < -0.39 is 0 Å². The van der Waals surface area contributed by atoms with Gasteiger partial charge in [0.1, 0.15) is 5.82 Å². The predicted octanol–water partition coefficient (Wildman–Crippen LogP) is 4.63. The maximum absolute atomic E-state index is 12.3. The summed E-state index contributed by atoms with van der Waals surface area (Å²) in [4.78, 5) is 19.1. The van der Waals surface area contributed by atoms with E-state index in [9.17, 15) is 4.79 Å². The monoisotopic (exact) mass is 473 g/mol. The number of piperidine rings is 1. The third-order valence-corrected chi connectivity index (χ3v) is 6.55. The van der Waals surface area contributed by atoms with Gasteiger partial charge in [0.25, 0.3) is 0 Å². The van der Waals surface area contributed by atoms with Crippen molar-refractivity contribution < 1.29 is 4.79 Å². The normalized spacial score (nSPS) is 17.7. The molecule has 29 heavy (non-hydrogen) atoms. The fraction of sp³-hybridized carbons (Fsp3) is 0.381. The molecule has 2 fully saturated rings. The fourth-order valence-corrected chi connectivity index (χ4v) is 4.47. The van der Waals surface area contributed by atoms with E-state index in [0.717, 1.165) is 66.0 Å². The first-order chi connectivity index (χ1) is 14.1. The molecule has 0 spiro atoms. The summed E-state index contributed by atoms with van der Waals surface area (Å²) in [7, 11) is 0. The van der Waals surface area contributed by atoms with E-state index in [1.807, 2.05) is 39.7 Å². The second-order valence-electron chi connectivity index (χ2n) is 7.75. The van der Waals surface area contributed by atoms with E-state index in [0.29, 0.717) is 16.8 Å². The van der Waals surface area contributed by atoms with Crippen molar-refractivity contribution in [3.63, 3.8) is 0 Å². The van der Waals surface area contributed by atoms with Gasteiger partial charge in [-0.1, -0.05) is 29.8 Å². The lowest BCUT2D eigenvalue weighted by atomic mass is 10.0. The molecule has 0 atom stereocenters. The number of hydrogen-bond donors (Lipinski definition) is 1. The van der Waals surface area contributed by atoms with Gasteiger partial charge >= 0.3 is 0 Å². The van der Waals surface area contributed by atoms with E-state index in [2.05, 4.69) is 26.3 Å². The van der Waals surface area contributed by atoms with Gasteiger partial charge in [-0.15, -0.1) is 0 Å². The molecular formula is C21H21BrClN5O. The summed E-state index contributed by atoms with van der Waals surface area (Å²) in [6.45, 7) is 1.61. The fourth-order valence-electron chi connectivity index (χ4n) is 3.89. The number of fused-ring (bicyclic) bond motifs is 1. The number of carbonyl (C=O) groups is 1. The second-order valence-corrected chi connectivity index (χ2v) is 9.01. The van der Waals surface area contributed by atoms with Crippen molar-refractivity contribution in [2.45, 2.75) is 31.7 Å². The molecule has 5 rings (SSSR count). The minimum Gasteiger partial charge on any atom is -0.367 e. The number of rotatable bonds is 4. The Labute approximate surface area is 182 Å². The number of nitrogens with one attached hydrogen (secondary N) is 1. The van der Waals surface area contributed by atoms with Crippen LogP contribution in [0, 0.1) is 5.92 Å². The number of likely N-dealkylation sites (tertiary alicyclic amines) is 1. The Hall–Kier alpha value is -2.12. The molecule has 0 radical (unpaired) electrons. The van der Waals surface area contributed by atoms with Crippen molar-refractivity contribution >= 4 is 44.9 Å². The molecule has 2 aromatic heterocycles. The maximum atomic E-state index is 12.3. The second kappa shape index (κ2) is 7.61. The standard InChI is InChI=1S/C21H21BrClN5O/c22-16-12-24-28-19(11-18(26-20(16)28)15-3-1-2-4-17(15)23)25-14-7-9-27(10-8-14)21(29)13-5-6-13/h1-4,11-14,25H,5-10H2. The third kappa shape index (κ3) is 3.73. The van der Waals surface area contributed by atoms with E-state index in [1.54, 1.807) is 6.20 Å². The zero-order chi connectivity index (χ0) is 20.0. The number of halogens is 2. The maximum Gasteiger partial charge on any atom is 0.225 e. The van der Waals surface area contributed by atoms with Crippen LogP contribution in [0.15, 0.2) is 41.0 Å². The molecule has 6 nitrogen and oxygen atoms in total. The summed E-state index contributed by atoms with van der Waals surface area (Å²) in [5, 5.41) is 8.76. The van der Waals surface area contributed by atoms with E-state index in [4.69, 9.17) is 16.6 Å². The number of amides is 1. The average Bonchev–Trinajstić information content (AvgIpc) is 3.52. The number of benzene rings is 1. The molecule has 1 aliphatic heterocycles. The van der Waals surface area contributed by atoms with Crippen molar-refractivity contribution in [2.75, 3.05) is 18.4 Å². The van der Waals surface area contributed by atoms with Gasteiger partial charge in [-0.3, -0.25) is 4.79 Å². The van der Waals surface area contributed by atoms with Crippen LogP contribution in [-0.4, -0.2) is 44.5 Å². The minimum absolute atomic E-state index is 0.283. The smallest absolute Gasteiger partial charge is 0.225 e. The van der Waals surface area contributed by atoms with Gasteiger partial charge in [0, 0.05) is 41.7 Å². The van der Waals surface area contributed by atoms with Crippen LogP contribution in [0.3, 0.4) is 0 Å². The highest BCUT2D eigenvalue weighted by atomic mass is 79.9. The summed E-state index contributed by atoms with van der Waals surface area (Å²) < 4.78 is 2.64. The minimum atomic E-state index is 0.283. The Bertz CT molecular complexity index is 1070. The molecule has 2 aliphatic rings. The SMILES string of the molecule is O=C(C1CC1)N1CCC(Nc2cc(-c3ccccc3Cl)nc3c(Br)cnn23)CC1. The zero-order valence-corrected chi connectivity index (χ0v) is 18.2. The van der Waals surface area contributed by atoms with Crippen LogP contribution in [0.5, 0.6) is 0 Å². The topological polar surface area (TPSA) is 62.5 Å². The number of hydrogen-bond acceptors (Lipinski definition) is 4. The summed E-state index contributed by atoms with van der Waals surface area (Å²) in [5.41, 5.74) is 2.43. The number of aromatic nitrogens is 3. The van der Waals surface area contributed by atoms with E-state index in [1.165, 1.54) is 0 Å². The zero-order valence-electron chi connectivity index (χ0n) is 15.8. The Morgan fingerprint density at radius 2 is 1.93 bits per heavy atom. The van der Waals surface area contributed by atoms with E-state index in [-0.39, 0.29) is 6.04 Å². The molecule has 1 saturated carbocycles. The molecule has 1 aliphatic carbocycles. The molecule has 1 saturated heterocycles. The van der Waals surface area contributed by atoms with Gasteiger partial charge in [0.05, 0.1) is 16.4 Å². The van der Waals surface area contributed by atoms with Crippen molar-refractivity contribution in [3.05, 3.63) is 46.0 Å². The number of nitrogens with zero attached hydrogens (tertiary/aromatic N) is 4. The predicted molar refractivity (Wildman–Crippen MR) is 117 cm³/mol. The van der Waals surface area contributed by atoms with Crippen LogP contribution in [0.25, 0.3) is 16.9 Å². The van der Waals surface area contributed by atoms with Crippen molar-refractivity contribution in [1.82, 2.24) is 19.5 Å². The molecule has 1 amide bonds. The van der Waals surface area contributed by atoms with Crippen LogP contribution in [0.1, 0.15) is 25.7 Å². The van der Waals surface area contributed by atoms with Gasteiger partial charge in [0.15, 0.2) is 5.65 Å². The van der Waals surface area contributed by atoms with Crippen molar-refractivity contribution in [2.24, 2.45) is 5.92 Å². The quantitative estimate of drug-likeness (QED) is 0.599. The summed E-state index contributed by atoms with van der Waals surface area (Å²) in [5.74, 6) is 1.51. The molecule has 1 aromatic carbocycles. The Kier molecular flexibility index (Phi) is 4.95. The lowest BCUT2D eigenvalue weighted by Crippen LogP contribution is -2.43. The lowest BCUT2D eigenvalue weighted by Gasteiger charge is -2.33. The molecule has 3 heterocycles. The van der Waals surface area contributed by atoms with Crippen molar-refractivity contribution in [3.8, 4) is 11.3 Å². The Morgan fingerprint density at radius 1 is 1.17 bits per heavy atom. The highest BCUT2D eigenvalue weighted by Crippen LogP contribution is 2.33. The average molecular weight is 475 g/mol. The molecule has 8 heteroatoms. The molecule has 1 N–H and O–H groups in total.